The smallest absolute Gasteiger partial charge is 0.0964 e. The van der Waals surface area contributed by atoms with Crippen LogP contribution >= 0.6 is 0 Å². The minimum absolute atomic E-state index is 0.296. The molecule has 0 unspecified atom stereocenters. The van der Waals surface area contributed by atoms with Crippen LogP contribution in [0.3, 0.4) is 0 Å². The minimum Gasteiger partial charge on any atom is -0.308 e. The van der Waals surface area contributed by atoms with Crippen molar-refractivity contribution < 1.29 is 4.39 Å². The maximum Gasteiger partial charge on any atom is 0.0964 e. The Bertz CT molecular complexity index is 282. The van der Waals surface area contributed by atoms with Gasteiger partial charge in [0.1, 0.15) is 0 Å². The van der Waals surface area contributed by atoms with Crippen LogP contribution in [-0.4, -0.2) is 27.7 Å². The number of alkyl halides is 1. The first kappa shape index (κ1) is 9.58. The summed E-state index contributed by atoms with van der Waals surface area (Å²) in [7, 11) is 0. The van der Waals surface area contributed by atoms with Crippen molar-refractivity contribution in [1.29, 1.82) is 0 Å². The van der Waals surface area contributed by atoms with Crippen LogP contribution in [0.4, 0.5) is 4.39 Å². The summed E-state index contributed by atoms with van der Waals surface area (Å²) >= 11 is 0. The van der Waals surface area contributed by atoms with Crippen molar-refractivity contribution >= 4 is 0 Å². The molecule has 0 saturated heterocycles. The lowest BCUT2D eigenvalue weighted by atomic mass is 10.4. The molecular formula is C9H15FN4. The number of halogens is 1. The van der Waals surface area contributed by atoms with E-state index in [1.807, 2.05) is 6.20 Å². The number of aromatic nitrogens is 3. The Morgan fingerprint density at radius 3 is 3.14 bits per heavy atom. The Hall–Kier alpha value is -0.970. The number of rotatable bonds is 6. The molecule has 1 aliphatic rings. The number of nitrogens with one attached hydrogen (secondary N) is 1. The van der Waals surface area contributed by atoms with E-state index in [2.05, 4.69) is 15.6 Å². The predicted octanol–water partition coefficient (Wildman–Crippen LogP) is 0.890. The molecule has 0 radical (unpaired) electrons. The van der Waals surface area contributed by atoms with Gasteiger partial charge in [-0.05, 0) is 19.3 Å². The van der Waals surface area contributed by atoms with Crippen molar-refractivity contribution in [3.8, 4) is 0 Å². The molecule has 1 aromatic heterocycles. The number of hydrogen-bond acceptors (Lipinski definition) is 3. The van der Waals surface area contributed by atoms with Gasteiger partial charge >= 0.3 is 0 Å². The third kappa shape index (κ3) is 2.77. The molecule has 0 atom stereocenters. The fourth-order valence-corrected chi connectivity index (χ4v) is 1.29. The topological polar surface area (TPSA) is 42.7 Å². The summed E-state index contributed by atoms with van der Waals surface area (Å²) < 4.78 is 13.6. The Morgan fingerprint density at radius 2 is 2.43 bits per heavy atom. The van der Waals surface area contributed by atoms with Gasteiger partial charge in [-0.25, -0.2) is 0 Å². The molecule has 78 valence electrons. The van der Waals surface area contributed by atoms with Crippen molar-refractivity contribution in [3.63, 3.8) is 0 Å². The molecule has 0 bridgehead atoms. The Balaban J connectivity index is 1.76. The van der Waals surface area contributed by atoms with Gasteiger partial charge in [-0.3, -0.25) is 9.07 Å². The molecule has 0 aromatic carbocycles. The van der Waals surface area contributed by atoms with Crippen molar-refractivity contribution in [3.05, 3.63) is 11.9 Å². The molecule has 0 spiro atoms. The maximum atomic E-state index is 11.9. The molecule has 14 heavy (non-hydrogen) atoms. The van der Waals surface area contributed by atoms with Gasteiger partial charge in [0.25, 0.3) is 0 Å². The normalized spacial score (nSPS) is 16.1. The first-order valence-corrected chi connectivity index (χ1v) is 5.07. The van der Waals surface area contributed by atoms with Gasteiger partial charge in [-0.2, -0.15) is 0 Å². The second-order valence-electron chi connectivity index (χ2n) is 3.67. The Labute approximate surface area is 82.5 Å². The van der Waals surface area contributed by atoms with E-state index < -0.39 is 0 Å². The number of hydrogen-bond donors (Lipinski definition) is 1. The molecule has 1 aromatic rings. The summed E-state index contributed by atoms with van der Waals surface area (Å²) in [6, 6.07) is 0.686. The molecule has 1 aliphatic carbocycles. The van der Waals surface area contributed by atoms with Crippen LogP contribution in [-0.2, 0) is 13.1 Å². The summed E-state index contributed by atoms with van der Waals surface area (Å²) in [5.74, 6) is 0. The zero-order valence-electron chi connectivity index (χ0n) is 8.12. The summed E-state index contributed by atoms with van der Waals surface area (Å²) in [4.78, 5) is 0. The van der Waals surface area contributed by atoms with Crippen LogP contribution < -0.4 is 5.32 Å². The first-order chi connectivity index (χ1) is 6.88. The molecule has 0 aliphatic heterocycles. The summed E-state index contributed by atoms with van der Waals surface area (Å²) in [5, 5.41) is 11.3. The molecule has 1 heterocycles. The molecule has 5 heteroatoms. The van der Waals surface area contributed by atoms with E-state index in [1.165, 1.54) is 12.8 Å². The molecule has 4 nitrogen and oxygen atoms in total. The van der Waals surface area contributed by atoms with Gasteiger partial charge in [0.15, 0.2) is 0 Å². The van der Waals surface area contributed by atoms with E-state index in [0.29, 0.717) is 19.0 Å². The lowest BCUT2D eigenvalue weighted by Crippen LogP contribution is -2.15. The average molecular weight is 198 g/mol. The van der Waals surface area contributed by atoms with Crippen LogP contribution in [0.15, 0.2) is 6.20 Å². The zero-order valence-corrected chi connectivity index (χ0v) is 8.12. The lowest BCUT2D eigenvalue weighted by molar-refractivity contribution is 0.431. The minimum atomic E-state index is -0.296. The zero-order chi connectivity index (χ0) is 9.80. The predicted molar refractivity (Wildman–Crippen MR) is 50.5 cm³/mol. The monoisotopic (exact) mass is 198 g/mol. The van der Waals surface area contributed by atoms with Gasteiger partial charge in [0.2, 0.25) is 0 Å². The second-order valence-corrected chi connectivity index (χ2v) is 3.67. The molecule has 2 rings (SSSR count). The van der Waals surface area contributed by atoms with Gasteiger partial charge in [0.05, 0.1) is 12.4 Å². The van der Waals surface area contributed by atoms with Gasteiger partial charge < -0.3 is 5.32 Å². The molecular weight excluding hydrogens is 183 g/mol. The van der Waals surface area contributed by atoms with Crippen molar-refractivity contribution in [2.75, 3.05) is 6.67 Å². The molecule has 1 saturated carbocycles. The van der Waals surface area contributed by atoms with Crippen LogP contribution in [0, 0.1) is 0 Å². The van der Waals surface area contributed by atoms with E-state index in [9.17, 15) is 4.39 Å². The highest BCUT2D eigenvalue weighted by Crippen LogP contribution is 2.18. The fourth-order valence-electron chi connectivity index (χ4n) is 1.29. The maximum absolute atomic E-state index is 11.9. The van der Waals surface area contributed by atoms with E-state index in [-0.39, 0.29) is 6.67 Å². The van der Waals surface area contributed by atoms with Crippen LogP contribution in [0.1, 0.15) is 25.0 Å². The third-order valence-electron chi connectivity index (χ3n) is 2.26. The average Bonchev–Trinajstić information content (AvgIpc) is 2.92. The van der Waals surface area contributed by atoms with E-state index >= 15 is 0 Å². The largest absolute Gasteiger partial charge is 0.308 e. The SMILES string of the molecule is FCCCn1cc(CNC2CC2)nn1. The summed E-state index contributed by atoms with van der Waals surface area (Å²) in [5.41, 5.74) is 0.941. The van der Waals surface area contributed by atoms with Crippen molar-refractivity contribution in [2.45, 2.75) is 38.4 Å². The lowest BCUT2D eigenvalue weighted by Gasteiger charge is -1.96. The standard InChI is InChI=1S/C9H15FN4/c10-4-1-5-14-7-9(12-13-14)6-11-8-2-3-8/h7-8,11H,1-6H2. The van der Waals surface area contributed by atoms with E-state index in [0.717, 1.165) is 12.2 Å². The van der Waals surface area contributed by atoms with Gasteiger partial charge in [0, 0.05) is 25.3 Å². The second kappa shape index (κ2) is 4.50. The van der Waals surface area contributed by atoms with Gasteiger partial charge in [-0.15, -0.1) is 5.10 Å². The van der Waals surface area contributed by atoms with Crippen LogP contribution in [0.25, 0.3) is 0 Å². The Kier molecular flexibility index (Phi) is 3.08. The van der Waals surface area contributed by atoms with Crippen LogP contribution in [0.2, 0.25) is 0 Å². The van der Waals surface area contributed by atoms with E-state index in [1.54, 1.807) is 4.68 Å². The molecule has 1 N–H and O–H groups in total. The van der Waals surface area contributed by atoms with E-state index in [4.69, 9.17) is 0 Å². The van der Waals surface area contributed by atoms with Crippen molar-refractivity contribution in [1.82, 2.24) is 20.3 Å². The fraction of sp³-hybridized carbons (Fsp3) is 0.778. The quantitative estimate of drug-likeness (QED) is 0.738. The number of aryl methyl sites for hydroxylation is 1. The summed E-state index contributed by atoms with van der Waals surface area (Å²) in [6.45, 7) is 1.10. The van der Waals surface area contributed by atoms with Crippen molar-refractivity contribution in [2.24, 2.45) is 0 Å². The molecule has 0 amide bonds. The highest BCUT2D eigenvalue weighted by atomic mass is 19.1. The summed E-state index contributed by atoms with van der Waals surface area (Å²) in [6.07, 6.45) is 4.94. The third-order valence-corrected chi connectivity index (χ3v) is 2.26. The van der Waals surface area contributed by atoms with Gasteiger partial charge in [-0.1, -0.05) is 5.21 Å². The first-order valence-electron chi connectivity index (χ1n) is 5.07. The highest BCUT2D eigenvalue weighted by molar-refractivity contribution is 4.94. The van der Waals surface area contributed by atoms with Crippen LogP contribution in [0.5, 0.6) is 0 Å². The number of nitrogens with zero attached hydrogens (tertiary/aromatic N) is 3. The highest BCUT2D eigenvalue weighted by Gasteiger charge is 2.20. The Morgan fingerprint density at radius 1 is 1.57 bits per heavy atom. The molecule has 1 fully saturated rings.